The Hall–Kier alpha value is -1.95. The maximum absolute atomic E-state index is 13.8. The predicted octanol–water partition coefficient (Wildman–Crippen LogP) is 5.06. The quantitative estimate of drug-likeness (QED) is 0.604. The lowest BCUT2D eigenvalue weighted by atomic mass is 10.0. The van der Waals surface area contributed by atoms with Crippen LogP contribution in [0.1, 0.15) is 24.9 Å². The van der Waals surface area contributed by atoms with Crippen LogP contribution in [-0.2, 0) is 0 Å². The van der Waals surface area contributed by atoms with Crippen molar-refractivity contribution in [2.45, 2.75) is 19.4 Å². The molecule has 2 rings (SSSR count). The molecule has 0 aliphatic rings. The van der Waals surface area contributed by atoms with Gasteiger partial charge in [-0.1, -0.05) is 35.0 Å². The summed E-state index contributed by atoms with van der Waals surface area (Å²) in [7, 11) is 0. The summed E-state index contributed by atoms with van der Waals surface area (Å²) in [6.45, 7) is 1.94. The summed E-state index contributed by atoms with van der Waals surface area (Å²) in [5.41, 5.74) is 1.15. The Morgan fingerprint density at radius 1 is 1.33 bits per heavy atom. The van der Waals surface area contributed by atoms with Gasteiger partial charge in [0.1, 0.15) is 5.82 Å². The summed E-state index contributed by atoms with van der Waals surface area (Å²) in [5.74, 6) is -0.359. The van der Waals surface area contributed by atoms with Crippen molar-refractivity contribution in [3.8, 4) is 0 Å². The van der Waals surface area contributed by atoms with Crippen molar-refractivity contribution >= 4 is 27.3 Å². The molecular weight excluding hydrogens is 339 g/mol. The van der Waals surface area contributed by atoms with Crippen LogP contribution in [-0.4, -0.2) is 4.92 Å². The second-order valence-electron chi connectivity index (χ2n) is 4.58. The number of halogens is 2. The minimum atomic E-state index is -0.435. The molecule has 6 heteroatoms. The second-order valence-corrected chi connectivity index (χ2v) is 5.50. The van der Waals surface area contributed by atoms with E-state index >= 15 is 0 Å². The zero-order valence-corrected chi connectivity index (χ0v) is 12.9. The molecule has 0 fully saturated rings. The largest absolute Gasteiger partial charge is 0.376 e. The van der Waals surface area contributed by atoms with Crippen molar-refractivity contribution in [2.24, 2.45) is 0 Å². The summed E-state index contributed by atoms with van der Waals surface area (Å²) < 4.78 is 14.6. The molecule has 0 bridgehead atoms. The highest BCUT2D eigenvalue weighted by Gasteiger charge is 2.15. The number of non-ortho nitro benzene ring substituents is 1. The van der Waals surface area contributed by atoms with Crippen molar-refractivity contribution in [3.05, 3.63) is 68.4 Å². The minimum absolute atomic E-state index is 0.0301. The van der Waals surface area contributed by atoms with Gasteiger partial charge in [-0.3, -0.25) is 10.1 Å². The van der Waals surface area contributed by atoms with Crippen LogP contribution in [0.2, 0.25) is 0 Å². The van der Waals surface area contributed by atoms with Gasteiger partial charge in [0.2, 0.25) is 0 Å². The third-order valence-corrected chi connectivity index (χ3v) is 3.64. The molecule has 0 radical (unpaired) electrons. The van der Waals surface area contributed by atoms with E-state index in [4.69, 9.17) is 0 Å². The zero-order valence-electron chi connectivity index (χ0n) is 11.3. The third kappa shape index (κ3) is 3.78. The number of nitro benzene ring substituents is 1. The van der Waals surface area contributed by atoms with E-state index in [9.17, 15) is 14.5 Å². The van der Waals surface area contributed by atoms with E-state index in [0.29, 0.717) is 12.1 Å². The van der Waals surface area contributed by atoms with Crippen LogP contribution in [0, 0.1) is 15.9 Å². The summed E-state index contributed by atoms with van der Waals surface area (Å²) in [5, 5.41) is 13.9. The van der Waals surface area contributed by atoms with Crippen LogP contribution >= 0.6 is 15.9 Å². The number of nitrogens with one attached hydrogen (secondary N) is 1. The molecule has 1 atom stereocenters. The van der Waals surface area contributed by atoms with Gasteiger partial charge in [0.25, 0.3) is 5.69 Å². The third-order valence-electron chi connectivity index (χ3n) is 3.15. The number of nitro groups is 1. The molecule has 2 aromatic rings. The van der Waals surface area contributed by atoms with E-state index in [-0.39, 0.29) is 17.5 Å². The molecule has 0 saturated heterocycles. The normalized spacial score (nSPS) is 12.0. The maximum Gasteiger partial charge on any atom is 0.269 e. The van der Waals surface area contributed by atoms with Crippen LogP contribution in [0.5, 0.6) is 0 Å². The Morgan fingerprint density at radius 2 is 2.10 bits per heavy atom. The number of hydrogen-bond acceptors (Lipinski definition) is 3. The van der Waals surface area contributed by atoms with Gasteiger partial charge in [0.15, 0.2) is 0 Å². The molecule has 4 nitrogen and oxygen atoms in total. The van der Waals surface area contributed by atoms with E-state index in [2.05, 4.69) is 21.2 Å². The van der Waals surface area contributed by atoms with Gasteiger partial charge in [-0.2, -0.15) is 0 Å². The lowest BCUT2D eigenvalue weighted by Crippen LogP contribution is -2.11. The first kappa shape index (κ1) is 15.4. The Morgan fingerprint density at radius 3 is 2.76 bits per heavy atom. The highest BCUT2D eigenvalue weighted by Crippen LogP contribution is 2.28. The van der Waals surface area contributed by atoms with Crippen LogP contribution in [0.3, 0.4) is 0 Å². The SMILES string of the molecule is CCC(Nc1cc(Br)ccc1F)c1cccc([N+](=O)[O-])c1. The summed E-state index contributed by atoms with van der Waals surface area (Å²) in [4.78, 5) is 10.4. The molecule has 0 saturated carbocycles. The Balaban J connectivity index is 2.29. The van der Waals surface area contributed by atoms with Gasteiger partial charge >= 0.3 is 0 Å². The molecule has 0 aliphatic carbocycles. The van der Waals surface area contributed by atoms with Crippen LogP contribution in [0.25, 0.3) is 0 Å². The smallest absolute Gasteiger partial charge is 0.269 e. The van der Waals surface area contributed by atoms with E-state index < -0.39 is 4.92 Å². The van der Waals surface area contributed by atoms with E-state index in [0.717, 1.165) is 10.0 Å². The fourth-order valence-electron chi connectivity index (χ4n) is 2.07. The van der Waals surface area contributed by atoms with Crippen molar-refractivity contribution in [2.75, 3.05) is 5.32 Å². The van der Waals surface area contributed by atoms with Crippen LogP contribution < -0.4 is 5.32 Å². The zero-order chi connectivity index (χ0) is 15.4. The molecule has 0 aliphatic heterocycles. The monoisotopic (exact) mass is 352 g/mol. The molecule has 2 aromatic carbocycles. The second kappa shape index (κ2) is 6.67. The first-order chi connectivity index (χ1) is 10.0. The number of benzene rings is 2. The fourth-order valence-corrected chi connectivity index (χ4v) is 2.43. The molecule has 1 unspecified atom stereocenters. The number of hydrogen-bond donors (Lipinski definition) is 1. The van der Waals surface area contributed by atoms with E-state index in [1.165, 1.54) is 18.2 Å². The highest BCUT2D eigenvalue weighted by atomic mass is 79.9. The van der Waals surface area contributed by atoms with Crippen LogP contribution in [0.15, 0.2) is 46.9 Å². The standard InChI is InChI=1S/C15H14BrFN2O2/c1-2-14(10-4-3-5-12(8-10)19(20)21)18-15-9-11(16)6-7-13(15)17/h3-9,14,18H,2H2,1H3. The number of rotatable bonds is 5. The van der Waals surface area contributed by atoms with Crippen molar-refractivity contribution in [1.29, 1.82) is 0 Å². The molecular formula is C15H14BrFN2O2. The molecule has 0 aromatic heterocycles. The average molecular weight is 353 g/mol. The van der Waals surface area contributed by atoms with Gasteiger partial charge in [-0.05, 0) is 30.2 Å². The summed E-state index contributed by atoms with van der Waals surface area (Å²) in [6, 6.07) is 10.8. The van der Waals surface area contributed by atoms with Gasteiger partial charge in [-0.25, -0.2) is 4.39 Å². The molecule has 110 valence electrons. The number of nitrogens with zero attached hydrogens (tertiary/aromatic N) is 1. The fraction of sp³-hybridized carbons (Fsp3) is 0.200. The van der Waals surface area contributed by atoms with Gasteiger partial charge < -0.3 is 5.32 Å². The Bertz CT molecular complexity index is 664. The molecule has 0 spiro atoms. The summed E-state index contributed by atoms with van der Waals surface area (Å²) >= 11 is 3.30. The molecule has 1 N–H and O–H groups in total. The Kier molecular flexibility index (Phi) is 4.90. The lowest BCUT2D eigenvalue weighted by Gasteiger charge is -2.19. The first-order valence-electron chi connectivity index (χ1n) is 6.47. The number of anilines is 1. The molecule has 0 heterocycles. The van der Waals surface area contributed by atoms with Gasteiger partial charge in [0.05, 0.1) is 16.7 Å². The maximum atomic E-state index is 13.8. The first-order valence-corrected chi connectivity index (χ1v) is 7.26. The van der Waals surface area contributed by atoms with E-state index in [1.54, 1.807) is 24.3 Å². The predicted molar refractivity (Wildman–Crippen MR) is 83.9 cm³/mol. The summed E-state index contributed by atoms with van der Waals surface area (Å²) in [6.07, 6.45) is 0.674. The topological polar surface area (TPSA) is 55.2 Å². The minimum Gasteiger partial charge on any atom is -0.376 e. The van der Waals surface area contributed by atoms with Crippen molar-refractivity contribution in [3.63, 3.8) is 0 Å². The molecule has 0 amide bonds. The van der Waals surface area contributed by atoms with Gasteiger partial charge in [0, 0.05) is 16.6 Å². The highest BCUT2D eigenvalue weighted by molar-refractivity contribution is 9.10. The van der Waals surface area contributed by atoms with Crippen molar-refractivity contribution in [1.82, 2.24) is 0 Å². The van der Waals surface area contributed by atoms with Crippen molar-refractivity contribution < 1.29 is 9.31 Å². The average Bonchev–Trinajstić information content (AvgIpc) is 2.48. The molecule has 21 heavy (non-hydrogen) atoms. The van der Waals surface area contributed by atoms with Gasteiger partial charge in [-0.15, -0.1) is 0 Å². The van der Waals surface area contributed by atoms with E-state index in [1.807, 2.05) is 6.92 Å². The lowest BCUT2D eigenvalue weighted by molar-refractivity contribution is -0.384. The van der Waals surface area contributed by atoms with Crippen LogP contribution in [0.4, 0.5) is 15.8 Å². The Labute approximate surface area is 130 Å².